The first-order valence-electron chi connectivity index (χ1n) is 10.9. The van der Waals surface area contributed by atoms with Crippen molar-refractivity contribution in [2.24, 2.45) is 5.41 Å². The summed E-state index contributed by atoms with van der Waals surface area (Å²) in [6.45, 7) is 2.57. The van der Waals surface area contributed by atoms with Gasteiger partial charge in [-0.2, -0.15) is 5.26 Å². The Morgan fingerprint density at radius 2 is 1.72 bits per heavy atom. The minimum absolute atomic E-state index is 0.116. The number of thioether (sulfide) groups is 2. The smallest absolute Gasteiger partial charge is 0.261 e. The van der Waals surface area contributed by atoms with Gasteiger partial charge in [0.25, 0.3) is 11.8 Å². The zero-order valence-corrected chi connectivity index (χ0v) is 22.5. The van der Waals surface area contributed by atoms with E-state index in [-0.39, 0.29) is 19.6 Å². The van der Waals surface area contributed by atoms with Crippen LogP contribution in [0.5, 0.6) is 5.88 Å². The average Bonchev–Trinajstić information content (AvgIpc) is 3.11. The monoisotopic (exact) mass is 536 g/mol. The van der Waals surface area contributed by atoms with Crippen molar-refractivity contribution < 1.29 is 33.4 Å². The van der Waals surface area contributed by atoms with E-state index in [0.717, 1.165) is 0 Å². The maximum Gasteiger partial charge on any atom is 0.261 e. The quantitative estimate of drug-likeness (QED) is 0.478. The Hall–Kier alpha value is -2.66. The number of rotatable bonds is 8. The molecule has 0 aromatic carbocycles. The number of fused-ring (bicyclic) bond motifs is 1. The summed E-state index contributed by atoms with van der Waals surface area (Å²) in [4.78, 5) is 57.0. The Kier molecular flexibility index (Phi) is 8.04. The number of nitriles is 1. The minimum atomic E-state index is -1.72. The van der Waals surface area contributed by atoms with Gasteiger partial charge in [-0.3, -0.25) is 19.2 Å². The number of carbonyl (C=O) groups is 4. The van der Waals surface area contributed by atoms with Gasteiger partial charge >= 0.3 is 0 Å². The second kappa shape index (κ2) is 10.4. The van der Waals surface area contributed by atoms with Crippen LogP contribution in [0, 0.1) is 16.7 Å². The molecule has 0 radical (unpaired) electrons. The number of likely N-dealkylation sites (N-methyl/N-ethyl adjacent to an activating group) is 1. The third-order valence-electron chi connectivity index (χ3n) is 6.41. The Morgan fingerprint density at radius 1 is 1.11 bits per heavy atom. The van der Waals surface area contributed by atoms with Gasteiger partial charge in [0.1, 0.15) is 13.2 Å². The molecule has 4 atom stereocenters. The van der Waals surface area contributed by atoms with Gasteiger partial charge in [0, 0.05) is 40.0 Å². The van der Waals surface area contributed by atoms with E-state index in [1.54, 1.807) is 19.1 Å². The van der Waals surface area contributed by atoms with Gasteiger partial charge in [-0.25, -0.2) is 4.98 Å². The molecule has 2 aliphatic heterocycles. The molecule has 2 fully saturated rings. The van der Waals surface area contributed by atoms with Gasteiger partial charge in [-0.05, 0) is 49.0 Å². The van der Waals surface area contributed by atoms with Crippen molar-refractivity contribution in [3.05, 3.63) is 23.9 Å². The molecule has 194 valence electrons. The first-order chi connectivity index (χ1) is 16.9. The van der Waals surface area contributed by atoms with E-state index in [1.165, 1.54) is 51.3 Å². The number of carbonyl (C=O) groups excluding carboxylic acids is 4. The van der Waals surface area contributed by atoms with Gasteiger partial charge in [-0.15, -0.1) is 0 Å². The number of amides is 2. The number of hydrogen-bond acceptors (Lipinski definition) is 11. The first-order valence-corrected chi connectivity index (χ1v) is 12.5. The van der Waals surface area contributed by atoms with Crippen molar-refractivity contribution in [2.75, 3.05) is 41.6 Å². The molecule has 1 aromatic heterocycles. The molecule has 0 bridgehead atoms. The second-order valence-electron chi connectivity index (χ2n) is 8.86. The number of hydrogen-bond donors (Lipinski definition) is 0. The van der Waals surface area contributed by atoms with Crippen LogP contribution in [0.2, 0.25) is 0 Å². The fourth-order valence-corrected chi connectivity index (χ4v) is 7.16. The van der Waals surface area contributed by atoms with Crippen molar-refractivity contribution >= 4 is 45.6 Å². The van der Waals surface area contributed by atoms with Crippen LogP contribution in [0.1, 0.15) is 31.9 Å². The van der Waals surface area contributed by atoms with Gasteiger partial charge in [0.2, 0.25) is 16.1 Å². The summed E-state index contributed by atoms with van der Waals surface area (Å²) in [5.74, 6) is -0.823. The van der Waals surface area contributed by atoms with Crippen LogP contribution in [-0.2, 0) is 28.7 Å². The molecule has 11 nitrogen and oxygen atoms in total. The molecular weight excluding hydrogens is 508 g/mol. The summed E-state index contributed by atoms with van der Waals surface area (Å²) in [6, 6.07) is 4.60. The van der Waals surface area contributed by atoms with E-state index >= 15 is 0 Å². The largest absolute Gasteiger partial charge is 0.481 e. The molecule has 3 heterocycles. The van der Waals surface area contributed by atoms with Crippen molar-refractivity contribution in [1.29, 1.82) is 5.26 Å². The van der Waals surface area contributed by atoms with Crippen LogP contribution in [0.25, 0.3) is 0 Å². The molecule has 0 aliphatic carbocycles. The maximum absolute atomic E-state index is 14.3. The molecule has 2 aliphatic rings. The Balaban J connectivity index is 2.24. The molecule has 2 unspecified atom stereocenters. The Morgan fingerprint density at radius 3 is 2.22 bits per heavy atom. The standard InChI is InChI=1S/C23H28N4O7S2/c1-21(13-24)12-23(36-17(29)11-33-5)20(31)26(3)22(2,35-16(28)10-32-4)19(30)27(23)18(21)14-7-8-15(34-6)25-9-14/h7-9,18H,10-12H2,1-6H3/t18?,21-,22+,23?/m1/s1. The van der Waals surface area contributed by atoms with Crippen molar-refractivity contribution in [2.45, 2.75) is 36.1 Å². The predicted octanol–water partition coefficient (Wildman–Crippen LogP) is 1.59. The third-order valence-corrected chi connectivity index (χ3v) is 8.80. The van der Waals surface area contributed by atoms with Crippen molar-refractivity contribution in [1.82, 2.24) is 14.8 Å². The first kappa shape index (κ1) is 27.9. The summed E-state index contributed by atoms with van der Waals surface area (Å²) >= 11 is 1.34. The lowest BCUT2D eigenvalue weighted by Crippen LogP contribution is -2.71. The fourth-order valence-electron chi connectivity index (χ4n) is 4.69. The van der Waals surface area contributed by atoms with Crippen LogP contribution in [0.15, 0.2) is 18.3 Å². The van der Waals surface area contributed by atoms with Crippen molar-refractivity contribution in [3.8, 4) is 11.9 Å². The van der Waals surface area contributed by atoms with Crippen molar-refractivity contribution in [3.63, 3.8) is 0 Å². The highest BCUT2D eigenvalue weighted by molar-refractivity contribution is 8.16. The lowest BCUT2D eigenvalue weighted by Gasteiger charge is -2.52. The van der Waals surface area contributed by atoms with Crippen LogP contribution >= 0.6 is 23.5 Å². The highest BCUT2D eigenvalue weighted by atomic mass is 32.2. The Bertz CT molecular complexity index is 1110. The number of nitrogens with zero attached hydrogens (tertiary/aromatic N) is 4. The molecule has 36 heavy (non-hydrogen) atoms. The van der Waals surface area contributed by atoms with Crippen LogP contribution < -0.4 is 4.74 Å². The van der Waals surface area contributed by atoms with E-state index in [9.17, 15) is 24.4 Å². The molecular formula is C23H28N4O7S2. The minimum Gasteiger partial charge on any atom is -0.481 e. The topological polar surface area (TPSA) is 139 Å². The Labute approximate surface area is 217 Å². The van der Waals surface area contributed by atoms with Gasteiger partial charge in [0.15, 0.2) is 9.74 Å². The van der Waals surface area contributed by atoms with Crippen LogP contribution in [0.4, 0.5) is 0 Å². The average molecular weight is 537 g/mol. The van der Waals surface area contributed by atoms with Gasteiger partial charge < -0.3 is 24.0 Å². The summed E-state index contributed by atoms with van der Waals surface area (Å²) in [6.07, 6.45) is 1.36. The van der Waals surface area contributed by atoms with E-state index in [1.807, 2.05) is 0 Å². The number of methoxy groups -OCH3 is 3. The number of ether oxygens (including phenoxy) is 3. The predicted molar refractivity (Wildman–Crippen MR) is 132 cm³/mol. The third kappa shape index (κ3) is 4.47. The lowest BCUT2D eigenvalue weighted by atomic mass is 9.80. The zero-order valence-electron chi connectivity index (χ0n) is 20.9. The SMILES string of the molecule is COCC(=O)SC12C[C@](C)(C#N)C(c3ccc(OC)nc3)N1C(=O)[C@](C)(SC(=O)COC)N(C)C2=O. The normalized spacial score (nSPS) is 29.6. The van der Waals surface area contributed by atoms with E-state index in [2.05, 4.69) is 11.1 Å². The van der Waals surface area contributed by atoms with E-state index in [0.29, 0.717) is 35.0 Å². The number of piperazine rings is 1. The second-order valence-corrected chi connectivity index (χ2v) is 11.7. The summed E-state index contributed by atoms with van der Waals surface area (Å²) in [5.41, 5.74) is -0.780. The zero-order chi connectivity index (χ0) is 26.9. The maximum atomic E-state index is 14.3. The summed E-state index contributed by atoms with van der Waals surface area (Å²) in [7, 11) is 5.58. The van der Waals surface area contributed by atoms with E-state index in [4.69, 9.17) is 14.2 Å². The van der Waals surface area contributed by atoms with Gasteiger partial charge in [0.05, 0.1) is 24.6 Å². The molecule has 0 N–H and O–H groups in total. The number of pyridine rings is 1. The number of aromatic nitrogens is 1. The molecule has 13 heteroatoms. The molecule has 1 aromatic rings. The highest BCUT2D eigenvalue weighted by Gasteiger charge is 2.71. The molecule has 0 saturated carbocycles. The summed E-state index contributed by atoms with van der Waals surface area (Å²) in [5, 5.41) is 9.36. The van der Waals surface area contributed by atoms with Crippen LogP contribution in [0.3, 0.4) is 0 Å². The highest BCUT2D eigenvalue weighted by Crippen LogP contribution is 2.62. The lowest BCUT2D eigenvalue weighted by molar-refractivity contribution is -0.163. The molecule has 0 spiro atoms. The molecule has 2 amide bonds. The molecule has 3 rings (SSSR count). The van der Waals surface area contributed by atoms with E-state index < -0.39 is 43.2 Å². The van der Waals surface area contributed by atoms with Crippen LogP contribution in [-0.4, -0.2) is 88.2 Å². The fraction of sp³-hybridized carbons (Fsp3) is 0.565. The van der Waals surface area contributed by atoms with Gasteiger partial charge in [-0.1, -0.05) is 0 Å². The summed E-state index contributed by atoms with van der Waals surface area (Å²) < 4.78 is 15.0. The molecule has 2 saturated heterocycles.